The summed E-state index contributed by atoms with van der Waals surface area (Å²) in [6.45, 7) is 2.95. The summed E-state index contributed by atoms with van der Waals surface area (Å²) >= 11 is 0. The van der Waals surface area contributed by atoms with Crippen LogP contribution in [0.3, 0.4) is 0 Å². The van der Waals surface area contributed by atoms with Crippen LogP contribution in [0.2, 0.25) is 0 Å². The highest BCUT2D eigenvalue weighted by molar-refractivity contribution is 5.93. The molecular formula is C16H20N2O2. The lowest BCUT2D eigenvalue weighted by Gasteiger charge is -2.24. The number of hydrogen-bond acceptors (Lipinski definition) is 2. The minimum Gasteiger partial charge on any atom is -0.352 e. The maximum absolute atomic E-state index is 11.8. The summed E-state index contributed by atoms with van der Waals surface area (Å²) in [7, 11) is 0. The van der Waals surface area contributed by atoms with Crippen LogP contribution in [0.1, 0.15) is 37.3 Å². The van der Waals surface area contributed by atoms with Crippen LogP contribution in [0.5, 0.6) is 0 Å². The SMILES string of the molecule is CC(=O)N1CCc2cc(CNC(=O)C3CCC3)ccc21. The number of carbonyl (C=O) groups excluding carboxylic acids is 2. The van der Waals surface area contributed by atoms with Gasteiger partial charge in [-0.3, -0.25) is 9.59 Å². The molecule has 0 spiro atoms. The first-order valence-electron chi connectivity index (χ1n) is 7.33. The average Bonchev–Trinajstić information content (AvgIpc) is 2.77. The molecule has 4 nitrogen and oxygen atoms in total. The van der Waals surface area contributed by atoms with Crippen molar-refractivity contribution >= 4 is 17.5 Å². The number of fused-ring (bicyclic) bond motifs is 1. The highest BCUT2D eigenvalue weighted by Crippen LogP contribution is 2.29. The molecule has 0 saturated heterocycles. The van der Waals surface area contributed by atoms with E-state index in [4.69, 9.17) is 0 Å². The quantitative estimate of drug-likeness (QED) is 0.915. The summed E-state index contributed by atoms with van der Waals surface area (Å²) in [5, 5.41) is 3.01. The molecule has 4 heteroatoms. The molecule has 20 heavy (non-hydrogen) atoms. The van der Waals surface area contributed by atoms with Crippen LogP contribution >= 0.6 is 0 Å². The molecule has 1 aliphatic heterocycles. The molecule has 2 amide bonds. The van der Waals surface area contributed by atoms with Crippen LogP contribution in [0, 0.1) is 5.92 Å². The third-order valence-electron chi connectivity index (χ3n) is 4.36. The molecule has 0 aromatic heterocycles. The Bertz CT molecular complexity index is 549. The van der Waals surface area contributed by atoms with Gasteiger partial charge in [0.2, 0.25) is 11.8 Å². The molecular weight excluding hydrogens is 252 g/mol. The van der Waals surface area contributed by atoms with Gasteiger partial charge in [0.05, 0.1) is 0 Å². The molecule has 1 fully saturated rings. The Labute approximate surface area is 119 Å². The van der Waals surface area contributed by atoms with Gasteiger partial charge in [-0.1, -0.05) is 18.6 Å². The second-order valence-corrected chi connectivity index (χ2v) is 5.73. The average molecular weight is 272 g/mol. The Kier molecular flexibility index (Phi) is 3.47. The zero-order valence-corrected chi connectivity index (χ0v) is 11.8. The molecule has 1 aliphatic carbocycles. The minimum atomic E-state index is 0.0924. The van der Waals surface area contributed by atoms with Gasteiger partial charge in [0, 0.05) is 31.6 Å². The topological polar surface area (TPSA) is 49.4 Å². The van der Waals surface area contributed by atoms with E-state index in [1.54, 1.807) is 6.92 Å². The van der Waals surface area contributed by atoms with Crippen LogP contribution in [-0.4, -0.2) is 18.4 Å². The molecule has 3 rings (SSSR count). The molecule has 0 bridgehead atoms. The Morgan fingerprint density at radius 1 is 1.35 bits per heavy atom. The first-order valence-corrected chi connectivity index (χ1v) is 7.33. The van der Waals surface area contributed by atoms with Crippen molar-refractivity contribution in [1.29, 1.82) is 0 Å². The maximum atomic E-state index is 11.8. The monoisotopic (exact) mass is 272 g/mol. The van der Waals surface area contributed by atoms with Crippen LogP contribution in [0.25, 0.3) is 0 Å². The van der Waals surface area contributed by atoms with Crippen LogP contribution in [-0.2, 0) is 22.6 Å². The molecule has 0 atom stereocenters. The minimum absolute atomic E-state index is 0.0924. The van der Waals surface area contributed by atoms with Gasteiger partial charge in [-0.15, -0.1) is 0 Å². The van der Waals surface area contributed by atoms with Crippen molar-refractivity contribution in [3.8, 4) is 0 Å². The molecule has 1 aromatic carbocycles. The van der Waals surface area contributed by atoms with E-state index in [9.17, 15) is 9.59 Å². The van der Waals surface area contributed by atoms with Gasteiger partial charge in [-0.05, 0) is 36.5 Å². The van der Waals surface area contributed by atoms with Crippen LogP contribution in [0.4, 0.5) is 5.69 Å². The van der Waals surface area contributed by atoms with E-state index in [0.717, 1.165) is 37.1 Å². The maximum Gasteiger partial charge on any atom is 0.223 e. The first-order chi connectivity index (χ1) is 9.65. The van der Waals surface area contributed by atoms with Gasteiger partial charge in [0.1, 0.15) is 0 Å². The highest BCUT2D eigenvalue weighted by Gasteiger charge is 2.25. The third kappa shape index (κ3) is 2.42. The predicted molar refractivity (Wildman–Crippen MR) is 77.4 cm³/mol. The Balaban J connectivity index is 1.64. The van der Waals surface area contributed by atoms with Crippen molar-refractivity contribution < 1.29 is 9.59 Å². The van der Waals surface area contributed by atoms with E-state index < -0.39 is 0 Å². The van der Waals surface area contributed by atoms with Gasteiger partial charge in [-0.2, -0.15) is 0 Å². The van der Waals surface area contributed by atoms with Crippen molar-refractivity contribution in [3.63, 3.8) is 0 Å². The van der Waals surface area contributed by atoms with Crippen molar-refractivity contribution in [2.75, 3.05) is 11.4 Å². The normalized spacial score (nSPS) is 17.6. The van der Waals surface area contributed by atoms with Gasteiger partial charge in [-0.25, -0.2) is 0 Å². The van der Waals surface area contributed by atoms with E-state index >= 15 is 0 Å². The van der Waals surface area contributed by atoms with Crippen molar-refractivity contribution in [2.45, 2.75) is 39.2 Å². The van der Waals surface area contributed by atoms with E-state index in [0.29, 0.717) is 6.54 Å². The first kappa shape index (κ1) is 13.2. The lowest BCUT2D eigenvalue weighted by molar-refractivity contribution is -0.127. The predicted octanol–water partition coefficient (Wildman–Crippen LogP) is 2.01. The number of hydrogen-bond donors (Lipinski definition) is 1. The number of anilines is 1. The molecule has 1 heterocycles. The van der Waals surface area contributed by atoms with Crippen molar-refractivity contribution in [2.24, 2.45) is 5.92 Å². The second-order valence-electron chi connectivity index (χ2n) is 5.73. The summed E-state index contributed by atoms with van der Waals surface area (Å²) in [5.41, 5.74) is 3.34. The summed E-state index contributed by atoms with van der Waals surface area (Å²) < 4.78 is 0. The Hall–Kier alpha value is -1.84. The molecule has 0 radical (unpaired) electrons. The van der Waals surface area contributed by atoms with Crippen molar-refractivity contribution in [1.82, 2.24) is 5.32 Å². The second kappa shape index (κ2) is 5.27. The zero-order valence-electron chi connectivity index (χ0n) is 11.8. The Morgan fingerprint density at radius 2 is 2.15 bits per heavy atom. The summed E-state index contributed by atoms with van der Waals surface area (Å²) in [4.78, 5) is 25.1. The number of amides is 2. The molecule has 2 aliphatic rings. The number of rotatable bonds is 3. The molecule has 1 N–H and O–H groups in total. The highest BCUT2D eigenvalue weighted by atomic mass is 16.2. The van der Waals surface area contributed by atoms with Crippen LogP contribution in [0.15, 0.2) is 18.2 Å². The van der Waals surface area contributed by atoms with E-state index in [1.807, 2.05) is 17.0 Å². The van der Waals surface area contributed by atoms with E-state index in [1.165, 1.54) is 12.0 Å². The molecule has 106 valence electrons. The fraction of sp³-hybridized carbons (Fsp3) is 0.500. The number of benzene rings is 1. The van der Waals surface area contributed by atoms with Gasteiger partial charge in [0.25, 0.3) is 0 Å². The fourth-order valence-corrected chi connectivity index (χ4v) is 2.90. The lowest BCUT2D eigenvalue weighted by Crippen LogP contribution is -2.33. The molecule has 0 unspecified atom stereocenters. The standard InChI is InChI=1S/C16H20N2O2/c1-11(19)18-8-7-14-9-12(5-6-15(14)18)10-17-16(20)13-3-2-4-13/h5-6,9,13H,2-4,7-8,10H2,1H3,(H,17,20). The van der Waals surface area contributed by atoms with Gasteiger partial charge < -0.3 is 10.2 Å². The van der Waals surface area contributed by atoms with Crippen molar-refractivity contribution in [3.05, 3.63) is 29.3 Å². The zero-order chi connectivity index (χ0) is 14.1. The summed E-state index contributed by atoms with van der Waals surface area (Å²) in [5.74, 6) is 0.509. The fourth-order valence-electron chi connectivity index (χ4n) is 2.90. The van der Waals surface area contributed by atoms with E-state index in [2.05, 4.69) is 11.4 Å². The summed E-state index contributed by atoms with van der Waals surface area (Å²) in [6, 6.07) is 6.11. The van der Waals surface area contributed by atoms with Crippen LogP contribution < -0.4 is 10.2 Å². The number of carbonyl (C=O) groups is 2. The summed E-state index contributed by atoms with van der Waals surface area (Å²) in [6.07, 6.45) is 4.14. The number of nitrogens with zero attached hydrogens (tertiary/aromatic N) is 1. The lowest BCUT2D eigenvalue weighted by atomic mass is 9.85. The van der Waals surface area contributed by atoms with Gasteiger partial charge in [0.15, 0.2) is 0 Å². The third-order valence-corrected chi connectivity index (χ3v) is 4.36. The largest absolute Gasteiger partial charge is 0.352 e. The van der Waals surface area contributed by atoms with E-state index in [-0.39, 0.29) is 17.7 Å². The Morgan fingerprint density at radius 3 is 2.80 bits per heavy atom. The molecule has 1 aromatic rings. The van der Waals surface area contributed by atoms with Gasteiger partial charge >= 0.3 is 0 Å². The number of nitrogens with one attached hydrogen (secondary N) is 1. The molecule has 1 saturated carbocycles. The smallest absolute Gasteiger partial charge is 0.223 e.